The van der Waals surface area contributed by atoms with Crippen LogP contribution < -0.4 is 16.0 Å². The number of nitrogens with one attached hydrogen (secondary N) is 1. The van der Waals surface area contributed by atoms with Gasteiger partial charge >= 0.3 is 0 Å². The molecule has 0 saturated heterocycles. The molecule has 1 aromatic carbocycles. The summed E-state index contributed by atoms with van der Waals surface area (Å²) >= 11 is 5.00. The number of anilines is 3. The van der Waals surface area contributed by atoms with E-state index in [-0.39, 0.29) is 4.99 Å². The van der Waals surface area contributed by atoms with Crippen molar-refractivity contribution in [3.63, 3.8) is 0 Å². The number of hydrogen-bond acceptors (Lipinski definition) is 4. The van der Waals surface area contributed by atoms with Gasteiger partial charge in [-0.25, -0.2) is 0 Å². The molecule has 0 spiro atoms. The highest BCUT2D eigenvalue weighted by Gasteiger charge is 2.06. The van der Waals surface area contributed by atoms with Crippen LogP contribution in [0.25, 0.3) is 0 Å². The van der Waals surface area contributed by atoms with Crippen molar-refractivity contribution in [3.8, 4) is 0 Å². The minimum Gasteiger partial charge on any atom is -0.388 e. The highest BCUT2D eigenvalue weighted by atomic mass is 32.1. The molecule has 1 aromatic heterocycles. The Morgan fingerprint density at radius 2 is 2.05 bits per heavy atom. The van der Waals surface area contributed by atoms with Gasteiger partial charge in [0.2, 0.25) is 0 Å². The molecule has 1 heterocycles. The number of aromatic nitrogens is 1. The third-order valence-electron chi connectivity index (χ3n) is 2.68. The third-order valence-corrected chi connectivity index (χ3v) is 2.88. The van der Waals surface area contributed by atoms with Crippen molar-refractivity contribution in [2.24, 2.45) is 5.73 Å². The van der Waals surface area contributed by atoms with E-state index in [0.29, 0.717) is 5.69 Å². The summed E-state index contributed by atoms with van der Waals surface area (Å²) in [5, 5.41) is 3.29. The molecule has 0 bridgehead atoms. The normalized spacial score (nSPS) is 10.0. The number of thiocarbonyl (C=S) groups is 1. The molecule has 5 heteroatoms. The van der Waals surface area contributed by atoms with Crippen LogP contribution in [0.5, 0.6) is 0 Å². The summed E-state index contributed by atoms with van der Waals surface area (Å²) in [6, 6.07) is 11.8. The summed E-state index contributed by atoms with van der Waals surface area (Å²) in [6.07, 6.45) is 1.68. The molecule has 3 N–H and O–H groups in total. The second-order valence-electron chi connectivity index (χ2n) is 4.33. The molecule has 98 valence electrons. The number of nitrogens with two attached hydrogens (primary N) is 1. The maximum absolute atomic E-state index is 5.67. The summed E-state index contributed by atoms with van der Waals surface area (Å²) < 4.78 is 0. The third kappa shape index (κ3) is 3.20. The second-order valence-corrected chi connectivity index (χ2v) is 4.77. The molecule has 0 aliphatic carbocycles. The van der Waals surface area contributed by atoms with E-state index >= 15 is 0 Å². The highest BCUT2D eigenvalue weighted by Crippen LogP contribution is 2.22. The molecule has 0 aliphatic rings. The molecular formula is C14H16N4S. The lowest BCUT2D eigenvalue weighted by molar-refractivity contribution is 1.13. The van der Waals surface area contributed by atoms with E-state index in [0.717, 1.165) is 17.1 Å². The standard InChI is InChI=1S/C14H16N4S/c1-18(2)11-6-3-5-10(9-11)17-12-7-4-8-16-13(12)14(15)19/h3-9,17H,1-2H3,(H2,15,19). The molecule has 19 heavy (non-hydrogen) atoms. The van der Waals surface area contributed by atoms with Gasteiger partial charge in [-0.3, -0.25) is 4.98 Å². The monoisotopic (exact) mass is 272 g/mol. The van der Waals surface area contributed by atoms with Crippen molar-refractivity contribution in [1.29, 1.82) is 0 Å². The van der Waals surface area contributed by atoms with E-state index in [1.54, 1.807) is 6.20 Å². The topological polar surface area (TPSA) is 54.2 Å². The van der Waals surface area contributed by atoms with Crippen LogP contribution in [-0.4, -0.2) is 24.1 Å². The van der Waals surface area contributed by atoms with Gasteiger partial charge in [0.25, 0.3) is 0 Å². The molecule has 0 aliphatic heterocycles. The quantitative estimate of drug-likeness (QED) is 0.838. The number of rotatable bonds is 4. The molecule has 4 nitrogen and oxygen atoms in total. The Morgan fingerprint density at radius 1 is 1.26 bits per heavy atom. The summed E-state index contributed by atoms with van der Waals surface area (Å²) in [6.45, 7) is 0. The van der Waals surface area contributed by atoms with E-state index < -0.39 is 0 Å². The maximum Gasteiger partial charge on any atom is 0.124 e. The fourth-order valence-electron chi connectivity index (χ4n) is 1.72. The van der Waals surface area contributed by atoms with Gasteiger partial charge in [0.1, 0.15) is 10.7 Å². The van der Waals surface area contributed by atoms with Crippen LogP contribution >= 0.6 is 12.2 Å². The van der Waals surface area contributed by atoms with Crippen molar-refractivity contribution >= 4 is 34.3 Å². The van der Waals surface area contributed by atoms with E-state index in [4.69, 9.17) is 18.0 Å². The van der Waals surface area contributed by atoms with Crippen molar-refractivity contribution in [2.75, 3.05) is 24.3 Å². The molecular weight excluding hydrogens is 256 g/mol. The Hall–Kier alpha value is -2.14. The van der Waals surface area contributed by atoms with E-state index in [1.165, 1.54) is 0 Å². The van der Waals surface area contributed by atoms with Crippen molar-refractivity contribution in [1.82, 2.24) is 4.98 Å². The molecule has 0 amide bonds. The number of benzene rings is 1. The number of pyridine rings is 1. The summed E-state index contributed by atoms with van der Waals surface area (Å²) in [7, 11) is 4.01. The van der Waals surface area contributed by atoms with Crippen LogP contribution in [0.2, 0.25) is 0 Å². The van der Waals surface area contributed by atoms with Gasteiger partial charge in [0.15, 0.2) is 0 Å². The molecule has 0 radical (unpaired) electrons. The largest absolute Gasteiger partial charge is 0.388 e. The molecule has 2 aromatic rings. The van der Waals surface area contributed by atoms with Gasteiger partial charge in [0.05, 0.1) is 5.69 Å². The van der Waals surface area contributed by atoms with Gasteiger partial charge in [-0.05, 0) is 30.3 Å². The van der Waals surface area contributed by atoms with Gasteiger partial charge in [-0.1, -0.05) is 18.3 Å². The lowest BCUT2D eigenvalue weighted by atomic mass is 10.2. The van der Waals surface area contributed by atoms with Crippen LogP contribution in [0, 0.1) is 0 Å². The molecule has 0 atom stereocenters. The first-order valence-electron chi connectivity index (χ1n) is 5.87. The predicted octanol–water partition coefficient (Wildman–Crippen LogP) is 2.53. The molecule has 0 saturated carbocycles. The summed E-state index contributed by atoms with van der Waals surface area (Å²) in [5.74, 6) is 0. The van der Waals surface area contributed by atoms with Gasteiger partial charge in [0, 0.05) is 31.7 Å². The number of nitrogens with zero attached hydrogens (tertiary/aromatic N) is 2. The van der Waals surface area contributed by atoms with Crippen molar-refractivity contribution in [3.05, 3.63) is 48.3 Å². The average Bonchev–Trinajstić information content (AvgIpc) is 2.39. The Labute approximate surface area is 118 Å². The summed E-state index contributed by atoms with van der Waals surface area (Å²) in [4.78, 5) is 6.52. The Kier molecular flexibility index (Phi) is 3.97. The van der Waals surface area contributed by atoms with Crippen LogP contribution in [0.4, 0.5) is 17.1 Å². The summed E-state index contributed by atoms with van der Waals surface area (Å²) in [5.41, 5.74) is 9.17. The first-order valence-corrected chi connectivity index (χ1v) is 6.28. The lowest BCUT2D eigenvalue weighted by Crippen LogP contribution is -2.14. The Morgan fingerprint density at radius 3 is 2.74 bits per heavy atom. The van der Waals surface area contributed by atoms with Gasteiger partial charge in [-0.2, -0.15) is 0 Å². The molecule has 2 rings (SSSR count). The second kappa shape index (κ2) is 5.67. The number of hydrogen-bond donors (Lipinski definition) is 2. The minimum atomic E-state index is 0.284. The van der Waals surface area contributed by atoms with Gasteiger partial charge in [-0.15, -0.1) is 0 Å². The smallest absolute Gasteiger partial charge is 0.124 e. The zero-order valence-corrected chi connectivity index (χ0v) is 11.7. The highest BCUT2D eigenvalue weighted by molar-refractivity contribution is 7.80. The van der Waals surface area contributed by atoms with E-state index in [1.807, 2.05) is 49.3 Å². The van der Waals surface area contributed by atoms with Crippen LogP contribution in [0.3, 0.4) is 0 Å². The Bertz CT molecular complexity index is 596. The maximum atomic E-state index is 5.67. The fraction of sp³-hybridized carbons (Fsp3) is 0.143. The van der Waals surface area contributed by atoms with Crippen molar-refractivity contribution in [2.45, 2.75) is 0 Å². The average molecular weight is 272 g/mol. The zero-order chi connectivity index (χ0) is 13.8. The zero-order valence-electron chi connectivity index (χ0n) is 10.9. The van der Waals surface area contributed by atoms with E-state index in [2.05, 4.69) is 16.4 Å². The van der Waals surface area contributed by atoms with Crippen LogP contribution in [0.1, 0.15) is 5.69 Å². The minimum absolute atomic E-state index is 0.284. The first kappa shape index (κ1) is 13.3. The van der Waals surface area contributed by atoms with Crippen LogP contribution in [0.15, 0.2) is 42.6 Å². The lowest BCUT2D eigenvalue weighted by Gasteiger charge is -2.15. The van der Waals surface area contributed by atoms with Crippen molar-refractivity contribution < 1.29 is 0 Å². The predicted molar refractivity (Wildman–Crippen MR) is 84.2 cm³/mol. The first-order chi connectivity index (χ1) is 9.08. The SMILES string of the molecule is CN(C)c1cccc(Nc2cccnc2C(N)=S)c1. The Balaban J connectivity index is 2.31. The molecule has 0 fully saturated rings. The fourth-order valence-corrected chi connectivity index (χ4v) is 1.88. The van der Waals surface area contributed by atoms with Gasteiger partial charge < -0.3 is 16.0 Å². The van der Waals surface area contributed by atoms with Crippen LogP contribution in [-0.2, 0) is 0 Å². The molecule has 0 unspecified atom stereocenters. The van der Waals surface area contributed by atoms with E-state index in [9.17, 15) is 0 Å².